The van der Waals surface area contributed by atoms with Crippen LogP contribution < -0.4 is 5.32 Å². The van der Waals surface area contributed by atoms with Crippen molar-refractivity contribution in [3.8, 4) is 5.69 Å². The van der Waals surface area contributed by atoms with Crippen molar-refractivity contribution in [3.63, 3.8) is 0 Å². The number of aliphatic hydroxyl groups is 1. The maximum absolute atomic E-state index is 12.1. The zero-order valence-corrected chi connectivity index (χ0v) is 12.5. The lowest BCUT2D eigenvalue weighted by atomic mass is 10.0. The van der Waals surface area contributed by atoms with Crippen LogP contribution >= 0.6 is 0 Å². The normalized spacial score (nSPS) is 12.4. The first-order chi connectivity index (χ1) is 10.1. The van der Waals surface area contributed by atoms with Gasteiger partial charge in [-0.25, -0.2) is 0 Å². The van der Waals surface area contributed by atoms with Crippen LogP contribution in [0.3, 0.4) is 0 Å². The van der Waals surface area contributed by atoms with Crippen LogP contribution in [0.2, 0.25) is 0 Å². The van der Waals surface area contributed by atoms with Crippen LogP contribution in [0, 0.1) is 5.92 Å². The van der Waals surface area contributed by atoms with E-state index in [-0.39, 0.29) is 17.9 Å². The monoisotopic (exact) mass is 286 g/mol. The number of benzene rings is 1. The zero-order valence-electron chi connectivity index (χ0n) is 12.5. The third-order valence-corrected chi connectivity index (χ3v) is 3.51. The van der Waals surface area contributed by atoms with Gasteiger partial charge in [0.15, 0.2) is 0 Å². The molecule has 0 bridgehead atoms. The van der Waals surface area contributed by atoms with Gasteiger partial charge < -0.3 is 15.0 Å². The minimum Gasteiger partial charge on any atom is -0.393 e. The molecule has 112 valence electrons. The summed E-state index contributed by atoms with van der Waals surface area (Å²) in [5, 5.41) is 12.6. The van der Waals surface area contributed by atoms with Gasteiger partial charge in [-0.1, -0.05) is 19.9 Å². The lowest BCUT2D eigenvalue weighted by Gasteiger charge is -2.14. The molecule has 2 rings (SSSR count). The average Bonchev–Trinajstić information content (AvgIpc) is 3.01. The molecule has 1 aromatic carbocycles. The largest absolute Gasteiger partial charge is 0.393 e. The Kier molecular flexibility index (Phi) is 5.17. The second kappa shape index (κ2) is 7.09. The van der Waals surface area contributed by atoms with Crippen molar-refractivity contribution >= 4 is 5.91 Å². The molecule has 1 atom stereocenters. The minimum atomic E-state index is -0.378. The van der Waals surface area contributed by atoms with E-state index >= 15 is 0 Å². The van der Waals surface area contributed by atoms with E-state index in [0.29, 0.717) is 18.5 Å². The third kappa shape index (κ3) is 4.20. The lowest BCUT2D eigenvalue weighted by molar-refractivity contribution is 0.0920. The fraction of sp³-hybridized carbons (Fsp3) is 0.353. The fourth-order valence-electron chi connectivity index (χ4n) is 2.08. The second-order valence-electron chi connectivity index (χ2n) is 5.50. The Hall–Kier alpha value is -2.07. The standard InChI is InChI=1S/C17H22N2O2/c1-13(2)16(20)8-9-18-17(21)14-6-5-7-15(12-14)19-10-3-4-11-19/h3-7,10-13,16,20H,8-9H2,1-2H3,(H,18,21). The number of amides is 1. The number of aliphatic hydroxyl groups excluding tert-OH is 1. The summed E-state index contributed by atoms with van der Waals surface area (Å²) in [5.41, 5.74) is 1.58. The summed E-state index contributed by atoms with van der Waals surface area (Å²) in [7, 11) is 0. The molecule has 0 saturated heterocycles. The molecular formula is C17H22N2O2. The van der Waals surface area contributed by atoms with E-state index < -0.39 is 0 Å². The van der Waals surface area contributed by atoms with Gasteiger partial charge in [-0.05, 0) is 42.7 Å². The highest BCUT2D eigenvalue weighted by molar-refractivity contribution is 5.94. The van der Waals surface area contributed by atoms with Crippen LogP contribution in [0.25, 0.3) is 5.69 Å². The van der Waals surface area contributed by atoms with Crippen molar-refractivity contribution in [1.29, 1.82) is 0 Å². The molecule has 0 spiro atoms. The van der Waals surface area contributed by atoms with E-state index in [0.717, 1.165) is 5.69 Å². The first-order valence-corrected chi connectivity index (χ1v) is 7.27. The molecule has 1 aromatic heterocycles. The molecule has 4 heteroatoms. The highest BCUT2D eigenvalue weighted by Crippen LogP contribution is 2.11. The number of rotatable bonds is 6. The van der Waals surface area contributed by atoms with Crippen molar-refractivity contribution in [3.05, 3.63) is 54.4 Å². The Morgan fingerprint density at radius 3 is 2.62 bits per heavy atom. The molecule has 0 aliphatic heterocycles. The minimum absolute atomic E-state index is 0.111. The summed E-state index contributed by atoms with van der Waals surface area (Å²) in [6.45, 7) is 4.41. The summed E-state index contributed by atoms with van der Waals surface area (Å²) >= 11 is 0. The summed E-state index contributed by atoms with van der Waals surface area (Å²) in [5.74, 6) is 0.0962. The van der Waals surface area contributed by atoms with E-state index in [4.69, 9.17) is 0 Å². The molecule has 4 nitrogen and oxygen atoms in total. The predicted molar refractivity (Wildman–Crippen MR) is 83.6 cm³/mol. The lowest BCUT2D eigenvalue weighted by Crippen LogP contribution is -2.28. The van der Waals surface area contributed by atoms with Gasteiger partial charge in [0, 0.05) is 30.2 Å². The van der Waals surface area contributed by atoms with E-state index in [1.807, 2.05) is 61.1 Å². The molecule has 0 radical (unpaired) electrons. The summed E-state index contributed by atoms with van der Waals surface area (Å²) in [6, 6.07) is 11.4. The number of carbonyl (C=O) groups excluding carboxylic acids is 1. The number of nitrogens with zero attached hydrogens (tertiary/aromatic N) is 1. The van der Waals surface area contributed by atoms with Crippen molar-refractivity contribution in [2.45, 2.75) is 26.4 Å². The quantitative estimate of drug-likeness (QED) is 0.857. The molecule has 0 fully saturated rings. The van der Waals surface area contributed by atoms with Crippen LogP contribution in [0.4, 0.5) is 0 Å². The highest BCUT2D eigenvalue weighted by atomic mass is 16.3. The van der Waals surface area contributed by atoms with Gasteiger partial charge in [-0.15, -0.1) is 0 Å². The first kappa shape index (κ1) is 15.3. The Morgan fingerprint density at radius 2 is 1.95 bits per heavy atom. The van der Waals surface area contributed by atoms with Crippen molar-refractivity contribution in [1.82, 2.24) is 9.88 Å². The van der Waals surface area contributed by atoms with Gasteiger partial charge in [0.1, 0.15) is 0 Å². The van der Waals surface area contributed by atoms with Gasteiger partial charge in [0.2, 0.25) is 0 Å². The SMILES string of the molecule is CC(C)C(O)CCNC(=O)c1cccc(-n2cccc2)c1. The number of hydrogen-bond donors (Lipinski definition) is 2. The number of carbonyl (C=O) groups is 1. The van der Waals surface area contributed by atoms with Crippen LogP contribution in [-0.2, 0) is 0 Å². The molecular weight excluding hydrogens is 264 g/mol. The van der Waals surface area contributed by atoms with E-state index in [1.54, 1.807) is 6.07 Å². The van der Waals surface area contributed by atoms with E-state index in [9.17, 15) is 9.90 Å². The smallest absolute Gasteiger partial charge is 0.251 e. The van der Waals surface area contributed by atoms with Crippen LogP contribution in [0.15, 0.2) is 48.8 Å². The summed E-state index contributed by atoms with van der Waals surface area (Å²) in [6.07, 6.45) is 4.07. The topological polar surface area (TPSA) is 54.3 Å². The van der Waals surface area contributed by atoms with Crippen molar-refractivity contribution < 1.29 is 9.90 Å². The molecule has 1 heterocycles. The second-order valence-corrected chi connectivity index (χ2v) is 5.50. The van der Waals surface area contributed by atoms with Crippen LogP contribution in [0.1, 0.15) is 30.6 Å². The molecule has 2 aromatic rings. The molecule has 21 heavy (non-hydrogen) atoms. The van der Waals surface area contributed by atoms with Crippen molar-refractivity contribution in [2.24, 2.45) is 5.92 Å². The molecule has 1 amide bonds. The molecule has 2 N–H and O–H groups in total. The molecule has 0 aliphatic carbocycles. The Balaban J connectivity index is 1.95. The fourth-order valence-corrected chi connectivity index (χ4v) is 2.08. The summed E-state index contributed by atoms with van der Waals surface area (Å²) in [4.78, 5) is 12.1. The maximum atomic E-state index is 12.1. The van der Waals surface area contributed by atoms with E-state index in [1.165, 1.54) is 0 Å². The number of hydrogen-bond acceptors (Lipinski definition) is 2. The summed E-state index contributed by atoms with van der Waals surface area (Å²) < 4.78 is 1.96. The Labute approximate surface area is 125 Å². The molecule has 0 saturated carbocycles. The predicted octanol–water partition coefficient (Wildman–Crippen LogP) is 2.61. The average molecular weight is 286 g/mol. The van der Waals surface area contributed by atoms with Gasteiger partial charge in [0.25, 0.3) is 5.91 Å². The van der Waals surface area contributed by atoms with E-state index in [2.05, 4.69) is 5.32 Å². The molecule has 1 unspecified atom stereocenters. The zero-order chi connectivity index (χ0) is 15.2. The van der Waals surface area contributed by atoms with Gasteiger partial charge in [0.05, 0.1) is 6.10 Å². The molecule has 0 aliphatic rings. The first-order valence-electron chi connectivity index (χ1n) is 7.27. The van der Waals surface area contributed by atoms with Crippen molar-refractivity contribution in [2.75, 3.05) is 6.54 Å². The number of aromatic nitrogens is 1. The third-order valence-electron chi connectivity index (χ3n) is 3.51. The van der Waals surface area contributed by atoms with Gasteiger partial charge in [-0.2, -0.15) is 0 Å². The van der Waals surface area contributed by atoms with Gasteiger partial charge in [-0.3, -0.25) is 4.79 Å². The number of nitrogens with one attached hydrogen (secondary N) is 1. The Bertz CT molecular complexity index is 576. The highest BCUT2D eigenvalue weighted by Gasteiger charge is 2.10. The van der Waals surface area contributed by atoms with Gasteiger partial charge >= 0.3 is 0 Å². The maximum Gasteiger partial charge on any atom is 0.251 e. The Morgan fingerprint density at radius 1 is 1.24 bits per heavy atom. The van der Waals surface area contributed by atoms with Crippen LogP contribution in [0.5, 0.6) is 0 Å². The van der Waals surface area contributed by atoms with Crippen LogP contribution in [-0.4, -0.2) is 28.2 Å².